The van der Waals surface area contributed by atoms with Crippen molar-refractivity contribution < 1.29 is 5.11 Å². The zero-order valence-corrected chi connectivity index (χ0v) is 19.6. The van der Waals surface area contributed by atoms with Crippen LogP contribution in [0.3, 0.4) is 0 Å². The molecule has 1 heterocycles. The molecule has 0 aromatic heterocycles. The van der Waals surface area contributed by atoms with Gasteiger partial charge >= 0.3 is 0 Å². The molecule has 1 aliphatic heterocycles. The summed E-state index contributed by atoms with van der Waals surface area (Å²) in [5, 5.41) is 16.3. The Morgan fingerprint density at radius 2 is 1.77 bits per heavy atom. The molecule has 0 bridgehead atoms. The van der Waals surface area contributed by atoms with E-state index in [4.69, 9.17) is 0 Å². The zero-order valence-electron chi connectivity index (χ0n) is 17.3. The van der Waals surface area contributed by atoms with Gasteiger partial charge in [-0.25, -0.2) is 0 Å². The van der Waals surface area contributed by atoms with Crippen molar-refractivity contribution in [3.05, 3.63) is 0 Å². The monoisotopic (exact) mass is 482 g/mol. The number of rotatable bonds is 12. The molecule has 0 amide bonds. The number of hydrogen-bond donors (Lipinski definition) is 3. The number of aliphatic hydroxyl groups is 1. The summed E-state index contributed by atoms with van der Waals surface area (Å²) >= 11 is 0. The molecule has 0 aromatic rings. The van der Waals surface area contributed by atoms with Crippen LogP contribution in [0.5, 0.6) is 0 Å². The van der Waals surface area contributed by atoms with E-state index in [1.165, 1.54) is 32.1 Å². The number of aliphatic imine (C=N–C) groups is 1. The smallest absolute Gasteiger partial charge is 0.191 e. The van der Waals surface area contributed by atoms with Gasteiger partial charge in [0.2, 0.25) is 0 Å². The molecule has 0 aromatic carbocycles. The predicted molar refractivity (Wildman–Crippen MR) is 124 cm³/mol. The number of aliphatic hydroxyl groups excluding tert-OH is 1. The normalized spacial score (nSPS) is 16.6. The Balaban J connectivity index is 0.00000625. The standard InChI is InChI=1S/C20H42N4O.HI/c1-4-21-20(22-13-8-6-5-7-10-18(2)3)23-14-9-15-24-16-11-19(25)12-17-24;/h18-19,25H,4-17H2,1-3H3,(H2,21,22,23);1H. The van der Waals surface area contributed by atoms with E-state index in [2.05, 4.69) is 41.3 Å². The maximum absolute atomic E-state index is 9.54. The number of piperidine rings is 1. The van der Waals surface area contributed by atoms with Gasteiger partial charge in [0, 0.05) is 32.7 Å². The highest BCUT2D eigenvalue weighted by atomic mass is 127. The lowest BCUT2D eigenvalue weighted by Gasteiger charge is -2.29. The van der Waals surface area contributed by atoms with Crippen LogP contribution in [0.2, 0.25) is 0 Å². The second-order valence-corrected chi connectivity index (χ2v) is 7.71. The van der Waals surface area contributed by atoms with Crippen molar-refractivity contribution in [2.45, 2.75) is 78.2 Å². The Bertz CT molecular complexity index is 345. The Morgan fingerprint density at radius 3 is 2.42 bits per heavy atom. The molecule has 0 aliphatic carbocycles. The molecule has 5 nitrogen and oxygen atoms in total. The molecular formula is C20H43IN4O. The van der Waals surface area contributed by atoms with Gasteiger partial charge in [-0.2, -0.15) is 0 Å². The number of nitrogens with one attached hydrogen (secondary N) is 2. The van der Waals surface area contributed by atoms with Gasteiger partial charge in [-0.15, -0.1) is 24.0 Å². The van der Waals surface area contributed by atoms with E-state index in [-0.39, 0.29) is 30.1 Å². The lowest BCUT2D eigenvalue weighted by Crippen LogP contribution is -2.38. The molecule has 26 heavy (non-hydrogen) atoms. The summed E-state index contributed by atoms with van der Waals surface area (Å²) in [6.45, 7) is 12.6. The molecule has 1 saturated heterocycles. The van der Waals surface area contributed by atoms with E-state index in [1.807, 2.05) is 0 Å². The maximum Gasteiger partial charge on any atom is 0.191 e. The highest BCUT2D eigenvalue weighted by molar-refractivity contribution is 14.0. The summed E-state index contributed by atoms with van der Waals surface area (Å²) in [6, 6.07) is 0. The Morgan fingerprint density at radius 1 is 1.08 bits per heavy atom. The highest BCUT2D eigenvalue weighted by Gasteiger charge is 2.15. The third-order valence-electron chi connectivity index (χ3n) is 4.80. The minimum atomic E-state index is -0.0794. The molecule has 1 fully saturated rings. The molecule has 6 heteroatoms. The maximum atomic E-state index is 9.54. The first-order valence-electron chi connectivity index (χ1n) is 10.5. The van der Waals surface area contributed by atoms with Gasteiger partial charge in [-0.1, -0.05) is 39.5 Å². The van der Waals surface area contributed by atoms with Crippen molar-refractivity contribution in [3.8, 4) is 0 Å². The Labute approximate surface area is 178 Å². The summed E-state index contributed by atoms with van der Waals surface area (Å²) in [4.78, 5) is 7.13. The van der Waals surface area contributed by atoms with Crippen molar-refractivity contribution in [2.24, 2.45) is 10.9 Å². The zero-order chi connectivity index (χ0) is 18.3. The van der Waals surface area contributed by atoms with Crippen LogP contribution in [0, 0.1) is 5.92 Å². The third kappa shape index (κ3) is 14.0. The Hall–Kier alpha value is -0.0800. The summed E-state index contributed by atoms with van der Waals surface area (Å²) < 4.78 is 0. The number of hydrogen-bond acceptors (Lipinski definition) is 3. The summed E-state index contributed by atoms with van der Waals surface area (Å²) in [6.07, 6.45) is 9.44. The van der Waals surface area contributed by atoms with Crippen LogP contribution in [-0.4, -0.2) is 61.3 Å². The van der Waals surface area contributed by atoms with E-state index < -0.39 is 0 Å². The van der Waals surface area contributed by atoms with Crippen LogP contribution in [0.25, 0.3) is 0 Å². The predicted octanol–water partition coefficient (Wildman–Crippen LogP) is 3.61. The first-order valence-corrected chi connectivity index (χ1v) is 10.5. The van der Waals surface area contributed by atoms with Gasteiger partial charge in [-0.3, -0.25) is 4.99 Å². The lowest BCUT2D eigenvalue weighted by atomic mass is 10.0. The second-order valence-electron chi connectivity index (χ2n) is 7.71. The second kappa shape index (κ2) is 17.0. The molecule has 0 saturated carbocycles. The fraction of sp³-hybridized carbons (Fsp3) is 0.950. The first-order chi connectivity index (χ1) is 12.1. The summed E-state index contributed by atoms with van der Waals surface area (Å²) in [7, 11) is 0. The first kappa shape index (κ1) is 25.9. The molecule has 0 atom stereocenters. The Kier molecular flexibility index (Phi) is 17.0. The fourth-order valence-corrected chi connectivity index (χ4v) is 3.21. The van der Waals surface area contributed by atoms with Crippen molar-refractivity contribution in [1.82, 2.24) is 15.5 Å². The van der Waals surface area contributed by atoms with Gasteiger partial charge in [-0.05, 0) is 45.1 Å². The average molecular weight is 482 g/mol. The van der Waals surface area contributed by atoms with E-state index in [0.717, 1.165) is 70.4 Å². The largest absolute Gasteiger partial charge is 0.393 e. The lowest BCUT2D eigenvalue weighted by molar-refractivity contribution is 0.0824. The fourth-order valence-electron chi connectivity index (χ4n) is 3.21. The molecule has 0 radical (unpaired) electrons. The molecule has 0 unspecified atom stereocenters. The average Bonchev–Trinajstić information content (AvgIpc) is 2.59. The van der Waals surface area contributed by atoms with Gasteiger partial charge in [0.15, 0.2) is 5.96 Å². The van der Waals surface area contributed by atoms with E-state index in [1.54, 1.807) is 0 Å². The van der Waals surface area contributed by atoms with Gasteiger partial charge in [0.1, 0.15) is 0 Å². The van der Waals surface area contributed by atoms with Crippen LogP contribution in [0.15, 0.2) is 4.99 Å². The number of halogens is 1. The topological polar surface area (TPSA) is 59.9 Å². The minimum absolute atomic E-state index is 0. The van der Waals surface area contributed by atoms with Crippen LogP contribution < -0.4 is 10.6 Å². The van der Waals surface area contributed by atoms with E-state index in [9.17, 15) is 5.11 Å². The van der Waals surface area contributed by atoms with Crippen molar-refractivity contribution >= 4 is 29.9 Å². The molecule has 1 aliphatic rings. The van der Waals surface area contributed by atoms with Crippen LogP contribution in [0.1, 0.15) is 72.1 Å². The molecular weight excluding hydrogens is 439 g/mol. The minimum Gasteiger partial charge on any atom is -0.393 e. The van der Waals surface area contributed by atoms with Crippen LogP contribution in [-0.2, 0) is 0 Å². The van der Waals surface area contributed by atoms with Crippen LogP contribution >= 0.6 is 24.0 Å². The van der Waals surface area contributed by atoms with Gasteiger partial charge in [0.25, 0.3) is 0 Å². The summed E-state index contributed by atoms with van der Waals surface area (Å²) in [5.74, 6) is 1.79. The van der Waals surface area contributed by atoms with Crippen molar-refractivity contribution in [1.29, 1.82) is 0 Å². The van der Waals surface area contributed by atoms with Crippen molar-refractivity contribution in [3.63, 3.8) is 0 Å². The van der Waals surface area contributed by atoms with E-state index >= 15 is 0 Å². The number of nitrogens with zero attached hydrogens (tertiary/aromatic N) is 2. The number of likely N-dealkylation sites (tertiary alicyclic amines) is 1. The SMILES string of the molecule is CCNC(=NCCCN1CCC(O)CC1)NCCCCCCC(C)C.I. The van der Waals surface area contributed by atoms with Gasteiger partial charge in [0.05, 0.1) is 6.10 Å². The quantitative estimate of drug-likeness (QED) is 0.172. The number of unbranched alkanes of at least 4 members (excludes halogenated alkanes) is 3. The third-order valence-corrected chi connectivity index (χ3v) is 4.80. The highest BCUT2D eigenvalue weighted by Crippen LogP contribution is 2.10. The summed E-state index contributed by atoms with van der Waals surface area (Å²) in [5.41, 5.74) is 0. The molecule has 0 spiro atoms. The van der Waals surface area contributed by atoms with E-state index in [0.29, 0.717) is 0 Å². The number of guanidine groups is 1. The van der Waals surface area contributed by atoms with Gasteiger partial charge < -0.3 is 20.6 Å². The van der Waals surface area contributed by atoms with Crippen molar-refractivity contribution in [2.75, 3.05) is 39.3 Å². The molecule has 3 N–H and O–H groups in total. The molecule has 1 rings (SSSR count). The molecule has 156 valence electrons. The van der Waals surface area contributed by atoms with Crippen LogP contribution in [0.4, 0.5) is 0 Å².